The van der Waals surface area contributed by atoms with Gasteiger partial charge in [-0.15, -0.1) is 0 Å². The van der Waals surface area contributed by atoms with Crippen molar-refractivity contribution in [2.75, 3.05) is 5.32 Å². The molecule has 2 aliphatic carbocycles. The molecule has 1 saturated carbocycles. The van der Waals surface area contributed by atoms with Crippen LogP contribution in [0, 0.1) is 11.8 Å². The molecule has 0 aromatic heterocycles. The largest absolute Gasteiger partial charge is 0.478 e. The van der Waals surface area contributed by atoms with Crippen molar-refractivity contribution in [3.05, 3.63) is 102 Å². The SMILES string of the molecule is C[C@@H](N[C@H]1CCC[C@H](C2C=CC(C(=O)Nc3ccccc3C(=O)O)=CC2)C1)c1cccc2ccccc12. The van der Waals surface area contributed by atoms with Crippen LogP contribution in [0.1, 0.15) is 61.0 Å². The molecule has 0 bridgehead atoms. The molecule has 190 valence electrons. The molecule has 1 fully saturated rings. The van der Waals surface area contributed by atoms with Crippen LogP contribution in [-0.4, -0.2) is 23.0 Å². The molecule has 0 heterocycles. The van der Waals surface area contributed by atoms with Gasteiger partial charge in [0.1, 0.15) is 0 Å². The van der Waals surface area contributed by atoms with E-state index in [0.717, 1.165) is 12.8 Å². The number of aromatic carboxylic acids is 1. The fourth-order valence-electron chi connectivity index (χ4n) is 5.97. The summed E-state index contributed by atoms with van der Waals surface area (Å²) in [5, 5.41) is 18.6. The smallest absolute Gasteiger partial charge is 0.337 e. The van der Waals surface area contributed by atoms with Crippen molar-refractivity contribution in [1.29, 1.82) is 0 Å². The number of benzene rings is 3. The number of carbonyl (C=O) groups excluding carboxylic acids is 1. The Labute approximate surface area is 218 Å². The number of carboxylic acids is 1. The molecule has 5 heteroatoms. The third kappa shape index (κ3) is 5.67. The molecule has 0 saturated heterocycles. The molecule has 3 aromatic carbocycles. The monoisotopic (exact) mass is 494 g/mol. The van der Waals surface area contributed by atoms with Crippen LogP contribution >= 0.6 is 0 Å². The van der Waals surface area contributed by atoms with E-state index in [-0.39, 0.29) is 17.5 Å². The molecule has 0 radical (unpaired) electrons. The molecule has 0 aliphatic heterocycles. The Bertz CT molecular complexity index is 1350. The molecular formula is C32H34N2O3. The zero-order chi connectivity index (χ0) is 25.8. The first-order chi connectivity index (χ1) is 18.0. The van der Waals surface area contributed by atoms with Crippen LogP contribution in [-0.2, 0) is 4.79 Å². The molecule has 0 spiro atoms. The van der Waals surface area contributed by atoms with Gasteiger partial charge in [-0.25, -0.2) is 4.79 Å². The number of carboxylic acid groups (broad SMARTS) is 1. The van der Waals surface area contributed by atoms with Gasteiger partial charge in [0, 0.05) is 17.7 Å². The third-order valence-corrected chi connectivity index (χ3v) is 7.90. The Morgan fingerprint density at radius 1 is 0.973 bits per heavy atom. The second kappa shape index (κ2) is 11.1. The summed E-state index contributed by atoms with van der Waals surface area (Å²) < 4.78 is 0. The molecule has 1 unspecified atom stereocenters. The van der Waals surface area contributed by atoms with Gasteiger partial charge in [0.2, 0.25) is 0 Å². The van der Waals surface area contributed by atoms with Crippen LogP contribution in [0.4, 0.5) is 5.69 Å². The summed E-state index contributed by atoms with van der Waals surface area (Å²) in [4.78, 5) is 24.2. The molecule has 1 amide bonds. The molecule has 2 aliphatic rings. The normalized spacial score (nSPS) is 22.3. The number of anilines is 1. The quantitative estimate of drug-likeness (QED) is 0.334. The molecule has 3 aromatic rings. The number of para-hydroxylation sites is 1. The molecular weight excluding hydrogens is 460 g/mol. The standard InChI is InChI=1S/C32H34N2O3/c1-21(27-14-7-9-23-8-2-3-12-28(23)27)33-26-11-6-10-25(20-26)22-16-18-24(19-17-22)31(35)34-30-15-5-4-13-29(30)32(36)37/h2-5,7-9,12-16,18-19,21-22,25-26,33H,6,10-11,17,20H2,1H3,(H,34,35)(H,36,37)/t21-,22?,25+,26+/m1/s1. The van der Waals surface area contributed by atoms with Crippen molar-refractivity contribution in [3.63, 3.8) is 0 Å². The van der Waals surface area contributed by atoms with Gasteiger partial charge in [0.05, 0.1) is 11.3 Å². The van der Waals surface area contributed by atoms with Crippen LogP contribution in [0.3, 0.4) is 0 Å². The van der Waals surface area contributed by atoms with Crippen molar-refractivity contribution in [3.8, 4) is 0 Å². The molecule has 3 N–H and O–H groups in total. The Morgan fingerprint density at radius 3 is 2.57 bits per heavy atom. The van der Waals surface area contributed by atoms with Crippen molar-refractivity contribution in [2.24, 2.45) is 11.8 Å². The highest BCUT2D eigenvalue weighted by molar-refractivity contribution is 6.08. The maximum absolute atomic E-state index is 12.8. The van der Waals surface area contributed by atoms with Crippen LogP contribution < -0.4 is 10.6 Å². The first-order valence-electron chi connectivity index (χ1n) is 13.3. The fraction of sp³-hybridized carbons (Fsp3) is 0.312. The lowest BCUT2D eigenvalue weighted by Crippen LogP contribution is -2.37. The Hall–Kier alpha value is -3.70. The van der Waals surface area contributed by atoms with E-state index in [1.165, 1.54) is 41.7 Å². The van der Waals surface area contributed by atoms with Gasteiger partial charge in [-0.3, -0.25) is 4.79 Å². The van der Waals surface area contributed by atoms with E-state index in [0.29, 0.717) is 29.1 Å². The predicted molar refractivity (Wildman–Crippen MR) is 149 cm³/mol. The van der Waals surface area contributed by atoms with E-state index in [1.807, 2.05) is 12.2 Å². The van der Waals surface area contributed by atoms with E-state index in [2.05, 4.69) is 66.1 Å². The summed E-state index contributed by atoms with van der Waals surface area (Å²) in [6.07, 6.45) is 11.6. The zero-order valence-electron chi connectivity index (χ0n) is 21.2. The first-order valence-corrected chi connectivity index (χ1v) is 13.3. The molecule has 4 atom stereocenters. The first kappa shape index (κ1) is 25.0. The Morgan fingerprint density at radius 2 is 1.76 bits per heavy atom. The molecule has 5 rings (SSSR count). The van der Waals surface area contributed by atoms with Gasteiger partial charge < -0.3 is 15.7 Å². The van der Waals surface area contributed by atoms with Crippen LogP contribution in [0.25, 0.3) is 10.8 Å². The van der Waals surface area contributed by atoms with E-state index in [1.54, 1.807) is 18.2 Å². The Kier molecular flexibility index (Phi) is 7.52. The van der Waals surface area contributed by atoms with Crippen molar-refractivity contribution in [2.45, 2.75) is 51.1 Å². The maximum atomic E-state index is 12.8. The lowest BCUT2D eigenvalue weighted by molar-refractivity contribution is -0.112. The lowest BCUT2D eigenvalue weighted by Gasteiger charge is -2.36. The summed E-state index contributed by atoms with van der Waals surface area (Å²) in [5.41, 5.74) is 2.35. The minimum atomic E-state index is -1.06. The highest BCUT2D eigenvalue weighted by atomic mass is 16.4. The number of rotatable bonds is 7. The highest BCUT2D eigenvalue weighted by Crippen LogP contribution is 2.36. The maximum Gasteiger partial charge on any atom is 0.337 e. The number of hydrogen-bond donors (Lipinski definition) is 3. The number of allylic oxidation sites excluding steroid dienone is 2. The number of amides is 1. The second-order valence-corrected chi connectivity index (χ2v) is 10.3. The van der Waals surface area contributed by atoms with Crippen molar-refractivity contribution in [1.82, 2.24) is 5.32 Å². The van der Waals surface area contributed by atoms with Crippen molar-refractivity contribution < 1.29 is 14.7 Å². The number of hydrogen-bond acceptors (Lipinski definition) is 3. The van der Waals surface area contributed by atoms with Gasteiger partial charge in [-0.05, 0) is 72.9 Å². The minimum absolute atomic E-state index is 0.0904. The van der Waals surface area contributed by atoms with Crippen LogP contribution in [0.15, 0.2) is 90.5 Å². The van der Waals surface area contributed by atoms with Gasteiger partial charge >= 0.3 is 5.97 Å². The topological polar surface area (TPSA) is 78.4 Å². The van der Waals surface area contributed by atoms with Gasteiger partial charge in [0.15, 0.2) is 0 Å². The summed E-state index contributed by atoms with van der Waals surface area (Å²) in [5.74, 6) is -0.328. The van der Waals surface area contributed by atoms with Crippen LogP contribution in [0.5, 0.6) is 0 Å². The predicted octanol–water partition coefficient (Wildman–Crippen LogP) is 6.89. The minimum Gasteiger partial charge on any atom is -0.478 e. The summed E-state index contributed by atoms with van der Waals surface area (Å²) in [6, 6.07) is 22.4. The molecule has 5 nitrogen and oxygen atoms in total. The average molecular weight is 495 g/mol. The van der Waals surface area contributed by atoms with E-state index in [9.17, 15) is 14.7 Å². The van der Waals surface area contributed by atoms with E-state index >= 15 is 0 Å². The molecule has 37 heavy (non-hydrogen) atoms. The van der Waals surface area contributed by atoms with Gasteiger partial charge in [-0.2, -0.15) is 0 Å². The van der Waals surface area contributed by atoms with E-state index in [4.69, 9.17) is 0 Å². The Balaban J connectivity index is 1.19. The highest BCUT2D eigenvalue weighted by Gasteiger charge is 2.29. The summed E-state index contributed by atoms with van der Waals surface area (Å²) >= 11 is 0. The summed E-state index contributed by atoms with van der Waals surface area (Å²) in [7, 11) is 0. The zero-order valence-corrected chi connectivity index (χ0v) is 21.2. The fourth-order valence-corrected chi connectivity index (χ4v) is 5.97. The van der Waals surface area contributed by atoms with Crippen molar-refractivity contribution >= 4 is 28.3 Å². The summed E-state index contributed by atoms with van der Waals surface area (Å²) in [6.45, 7) is 2.27. The second-order valence-electron chi connectivity index (χ2n) is 10.3. The van der Waals surface area contributed by atoms with Gasteiger partial charge in [-0.1, -0.05) is 79.2 Å². The number of fused-ring (bicyclic) bond motifs is 1. The number of carbonyl (C=O) groups is 2. The van der Waals surface area contributed by atoms with E-state index < -0.39 is 5.97 Å². The van der Waals surface area contributed by atoms with Gasteiger partial charge in [0.25, 0.3) is 5.91 Å². The third-order valence-electron chi connectivity index (χ3n) is 7.90. The average Bonchev–Trinajstić information content (AvgIpc) is 2.93. The number of nitrogens with one attached hydrogen (secondary N) is 2. The lowest BCUT2D eigenvalue weighted by atomic mass is 9.74. The van der Waals surface area contributed by atoms with Crippen LogP contribution in [0.2, 0.25) is 0 Å².